The predicted molar refractivity (Wildman–Crippen MR) is 55.8 cm³/mol. The molecule has 1 aromatic rings. The van der Waals surface area contributed by atoms with E-state index in [0.717, 1.165) is 11.3 Å². The third-order valence-electron chi connectivity index (χ3n) is 3.52. The van der Waals surface area contributed by atoms with Crippen LogP contribution in [0.25, 0.3) is 0 Å². The Morgan fingerprint density at radius 2 is 2.07 bits per heavy atom. The average Bonchev–Trinajstić information content (AvgIpc) is 2.12. The summed E-state index contributed by atoms with van der Waals surface area (Å²) in [4.78, 5) is 2.06. The highest BCUT2D eigenvalue weighted by atomic mass is 32.2. The Hall–Kier alpha value is -1.07. The molecular weight excluding hydrogens is 214 g/mol. The first-order valence-electron chi connectivity index (χ1n) is 4.79. The van der Waals surface area contributed by atoms with Gasteiger partial charge in [-0.1, -0.05) is 6.92 Å². The van der Waals surface area contributed by atoms with E-state index in [-0.39, 0.29) is 4.90 Å². The second-order valence-corrected chi connectivity index (χ2v) is 5.69. The van der Waals surface area contributed by atoms with Crippen LogP contribution in [0.15, 0.2) is 17.0 Å². The highest BCUT2D eigenvalue weighted by molar-refractivity contribution is 7.85. The molecule has 0 amide bonds. The van der Waals surface area contributed by atoms with Gasteiger partial charge in [-0.3, -0.25) is 4.55 Å². The molecule has 1 aromatic carbocycles. The minimum atomic E-state index is -4.08. The molecule has 0 spiro atoms. The fourth-order valence-corrected chi connectivity index (χ4v) is 3.25. The zero-order valence-electron chi connectivity index (χ0n) is 8.43. The van der Waals surface area contributed by atoms with Crippen molar-refractivity contribution in [2.45, 2.75) is 23.8 Å². The van der Waals surface area contributed by atoms with Gasteiger partial charge < -0.3 is 4.90 Å². The Kier molecular flexibility index (Phi) is 1.44. The smallest absolute Gasteiger partial charge is 0.294 e. The number of hydrogen-bond donors (Lipinski definition) is 1. The summed E-state index contributed by atoms with van der Waals surface area (Å²) >= 11 is 0. The van der Waals surface area contributed by atoms with Crippen molar-refractivity contribution in [3.63, 3.8) is 0 Å². The van der Waals surface area contributed by atoms with E-state index in [1.165, 1.54) is 11.6 Å². The largest absolute Gasteiger partial charge is 0.367 e. The average molecular weight is 225 g/mol. The summed E-state index contributed by atoms with van der Waals surface area (Å²) in [6.07, 6.45) is 0. The zero-order chi connectivity index (χ0) is 11.0. The highest BCUT2D eigenvalue weighted by Gasteiger charge is 2.48. The van der Waals surface area contributed by atoms with Crippen molar-refractivity contribution in [3.05, 3.63) is 23.3 Å². The van der Waals surface area contributed by atoms with Gasteiger partial charge in [0.15, 0.2) is 0 Å². The van der Waals surface area contributed by atoms with Crippen molar-refractivity contribution in [1.29, 1.82) is 0 Å². The molecule has 15 heavy (non-hydrogen) atoms. The summed E-state index contributed by atoms with van der Waals surface area (Å²) in [6.45, 7) is 2.07. The molecule has 1 heterocycles. The van der Waals surface area contributed by atoms with Crippen molar-refractivity contribution >= 4 is 15.8 Å². The lowest BCUT2D eigenvalue weighted by Gasteiger charge is -2.54. The molecule has 1 aliphatic carbocycles. The number of likely N-dealkylation sites (N-methyl/N-ethyl adjacent to an activating group) is 1. The number of rotatable bonds is 1. The van der Waals surface area contributed by atoms with Crippen LogP contribution in [0.2, 0.25) is 0 Å². The van der Waals surface area contributed by atoms with Crippen LogP contribution in [0.3, 0.4) is 0 Å². The fourth-order valence-electron chi connectivity index (χ4n) is 2.71. The van der Waals surface area contributed by atoms with Gasteiger partial charge in [-0.15, -0.1) is 0 Å². The molecule has 5 heteroatoms. The molecule has 0 saturated carbocycles. The minimum absolute atomic E-state index is 0.00750. The normalized spacial score (nSPS) is 26.7. The summed E-state index contributed by atoms with van der Waals surface area (Å²) in [7, 11) is -2.13. The van der Waals surface area contributed by atoms with Gasteiger partial charge in [-0.05, 0) is 17.7 Å². The molecular formula is C10H11NO3S. The Morgan fingerprint density at radius 3 is 2.67 bits per heavy atom. The quantitative estimate of drug-likeness (QED) is 0.736. The van der Waals surface area contributed by atoms with Gasteiger partial charge in [0, 0.05) is 24.2 Å². The number of benzene rings is 1. The number of nitrogens with zero attached hydrogens (tertiary/aromatic N) is 1. The van der Waals surface area contributed by atoms with Crippen molar-refractivity contribution in [1.82, 2.24) is 0 Å². The van der Waals surface area contributed by atoms with E-state index in [4.69, 9.17) is 4.55 Å². The van der Waals surface area contributed by atoms with Gasteiger partial charge >= 0.3 is 0 Å². The molecule has 3 rings (SSSR count). The van der Waals surface area contributed by atoms with Gasteiger partial charge in [-0.25, -0.2) is 0 Å². The van der Waals surface area contributed by atoms with Crippen LogP contribution < -0.4 is 4.90 Å². The van der Waals surface area contributed by atoms with Crippen LogP contribution in [0.4, 0.5) is 5.69 Å². The second kappa shape index (κ2) is 2.36. The Morgan fingerprint density at radius 1 is 1.40 bits per heavy atom. The molecule has 2 atom stereocenters. The van der Waals surface area contributed by atoms with Crippen LogP contribution in [-0.4, -0.2) is 20.0 Å². The van der Waals surface area contributed by atoms with Gasteiger partial charge in [0.2, 0.25) is 0 Å². The van der Waals surface area contributed by atoms with Gasteiger partial charge in [0.05, 0.1) is 10.9 Å². The first-order valence-corrected chi connectivity index (χ1v) is 6.23. The van der Waals surface area contributed by atoms with E-state index in [1.807, 2.05) is 7.05 Å². The summed E-state index contributed by atoms with van der Waals surface area (Å²) in [5.74, 6) is 0.360. The molecule has 2 aliphatic rings. The molecule has 0 aromatic heterocycles. The SMILES string of the molecule is CC1c2cc(S(=O)(=O)O)cc3c2C1N3C. The highest BCUT2D eigenvalue weighted by Crippen LogP contribution is 2.61. The van der Waals surface area contributed by atoms with E-state index >= 15 is 0 Å². The molecule has 1 N–H and O–H groups in total. The van der Waals surface area contributed by atoms with Crippen molar-refractivity contribution in [2.24, 2.45) is 0 Å². The van der Waals surface area contributed by atoms with E-state index in [2.05, 4.69) is 11.8 Å². The summed E-state index contributed by atoms with van der Waals surface area (Å²) in [5.41, 5.74) is 3.24. The zero-order valence-corrected chi connectivity index (χ0v) is 9.25. The van der Waals surface area contributed by atoms with Gasteiger partial charge in [0.1, 0.15) is 0 Å². The van der Waals surface area contributed by atoms with Crippen LogP contribution in [0.1, 0.15) is 30.0 Å². The molecule has 1 aliphatic heterocycles. The maximum Gasteiger partial charge on any atom is 0.294 e. The monoisotopic (exact) mass is 225 g/mol. The molecule has 80 valence electrons. The molecule has 0 radical (unpaired) electrons. The van der Waals surface area contributed by atoms with Crippen molar-refractivity contribution in [2.75, 3.05) is 11.9 Å². The Labute approximate surface area is 88.3 Å². The van der Waals surface area contributed by atoms with Crippen LogP contribution in [-0.2, 0) is 10.1 Å². The molecule has 2 unspecified atom stereocenters. The third-order valence-corrected chi connectivity index (χ3v) is 4.35. The second-order valence-electron chi connectivity index (χ2n) is 4.26. The lowest BCUT2D eigenvalue weighted by molar-refractivity contribution is 0.442. The van der Waals surface area contributed by atoms with Gasteiger partial charge in [-0.2, -0.15) is 8.42 Å². The standard InChI is InChI=1S/C10H11NO3S/c1-5-7-3-6(15(12,13)14)4-8-9(7)10(5)11(8)2/h3-5,10H,1-2H3,(H,12,13,14). The fraction of sp³-hybridized carbons (Fsp3) is 0.400. The lowest BCUT2D eigenvalue weighted by Crippen LogP contribution is -2.46. The maximum absolute atomic E-state index is 11.0. The van der Waals surface area contributed by atoms with E-state index in [9.17, 15) is 8.42 Å². The van der Waals surface area contributed by atoms with Crippen LogP contribution in [0, 0.1) is 0 Å². The summed E-state index contributed by atoms with van der Waals surface area (Å²) in [5, 5.41) is 0. The summed E-state index contributed by atoms with van der Waals surface area (Å²) in [6, 6.07) is 3.57. The molecule has 0 saturated heterocycles. The van der Waals surface area contributed by atoms with Crippen LogP contribution >= 0.6 is 0 Å². The Bertz CT molecular complexity index is 533. The Balaban J connectivity index is 2.25. The molecule has 4 nitrogen and oxygen atoms in total. The first-order chi connectivity index (χ1) is 6.91. The number of anilines is 1. The van der Waals surface area contributed by atoms with E-state index < -0.39 is 10.1 Å². The molecule has 0 fully saturated rings. The third kappa shape index (κ3) is 0.922. The minimum Gasteiger partial charge on any atom is -0.367 e. The van der Waals surface area contributed by atoms with Crippen molar-refractivity contribution in [3.8, 4) is 0 Å². The molecule has 0 bridgehead atoms. The predicted octanol–water partition coefficient (Wildman–Crippen LogP) is 1.54. The first kappa shape index (κ1) is 9.18. The van der Waals surface area contributed by atoms with Gasteiger partial charge in [0.25, 0.3) is 10.1 Å². The summed E-state index contributed by atoms with van der Waals surface area (Å²) < 4.78 is 31.1. The topological polar surface area (TPSA) is 57.6 Å². The number of hydrogen-bond acceptors (Lipinski definition) is 3. The lowest BCUT2D eigenvalue weighted by atomic mass is 9.67. The van der Waals surface area contributed by atoms with Crippen molar-refractivity contribution < 1.29 is 13.0 Å². The van der Waals surface area contributed by atoms with E-state index in [0.29, 0.717) is 12.0 Å². The van der Waals surface area contributed by atoms with E-state index in [1.54, 1.807) is 6.07 Å². The van der Waals surface area contributed by atoms with Crippen LogP contribution in [0.5, 0.6) is 0 Å². The maximum atomic E-state index is 11.0.